The van der Waals surface area contributed by atoms with E-state index in [1.165, 1.54) is 26.1 Å². The third-order valence-electron chi connectivity index (χ3n) is 11.4. The van der Waals surface area contributed by atoms with Crippen LogP contribution in [0.25, 0.3) is 10.9 Å². The van der Waals surface area contributed by atoms with Gasteiger partial charge in [0.2, 0.25) is 41.4 Å². The third-order valence-corrected chi connectivity index (χ3v) is 13.8. The smallest absolute Gasteiger partial charge is 0.245 e. The molecule has 0 radical (unpaired) electrons. The molecule has 1 aliphatic heterocycles. The van der Waals surface area contributed by atoms with Gasteiger partial charge in [0.15, 0.2) is 0 Å². The number of nitrogens with one attached hydrogen (secondary N) is 9. The van der Waals surface area contributed by atoms with Gasteiger partial charge in [-0.3, -0.25) is 33.6 Å². The molecule has 1 fully saturated rings. The number of aromatic nitrogens is 1. The van der Waals surface area contributed by atoms with Crippen molar-refractivity contribution in [1.29, 1.82) is 0 Å². The highest BCUT2D eigenvalue weighted by atomic mass is 33.1. The van der Waals surface area contributed by atoms with Gasteiger partial charge in [-0.1, -0.05) is 82.3 Å². The zero-order chi connectivity index (χ0) is 49.2. The molecule has 68 heavy (non-hydrogen) atoms. The lowest BCUT2D eigenvalue weighted by molar-refractivity contribution is -0.136. The molecule has 366 valence electrons. The van der Waals surface area contributed by atoms with Crippen LogP contribution in [0.3, 0.4) is 0 Å². The van der Waals surface area contributed by atoms with E-state index in [0.29, 0.717) is 36.9 Å². The average molecular weight is 975 g/mol. The van der Waals surface area contributed by atoms with Crippen LogP contribution in [0.1, 0.15) is 42.9 Å². The second-order valence-corrected chi connectivity index (χ2v) is 19.0. The maximum absolute atomic E-state index is 14.7. The van der Waals surface area contributed by atoms with Crippen LogP contribution in [0.4, 0.5) is 0 Å². The van der Waals surface area contributed by atoms with E-state index in [9.17, 15) is 43.8 Å². The number of para-hydroxylation sites is 1. The maximum atomic E-state index is 14.7. The lowest BCUT2D eigenvalue weighted by Gasteiger charge is -2.29. The molecule has 2 heterocycles. The Bertz CT molecular complexity index is 2340. The van der Waals surface area contributed by atoms with Crippen LogP contribution >= 0.6 is 21.6 Å². The molecule has 13 N–H and O–H groups in total. The SMILES string of the molecule is CNC(=O)[C@@H]1CSSC[C@H](NC(=O)[C@@H](Cc2ccccc2)NC)C(=O)N[C@@H](Cc2ccc(O)cc2)C(=O)N[C@H](Cc2c[nH]c3ccccc23)C(=O)N[C@@H](CCCCN)C(=O)N[C@@H]([C@@H](C)O)C(=O)N1. The molecule has 1 aliphatic rings. The lowest BCUT2D eigenvalue weighted by atomic mass is 10.0. The molecule has 0 saturated carbocycles. The van der Waals surface area contributed by atoms with Gasteiger partial charge in [0.1, 0.15) is 42.0 Å². The quantitative estimate of drug-likeness (QED) is 0.0555. The standard InChI is InChI=1S/C47H62N10O9S2/c1-27(58)40-47(66)56-38(41(60)50-3)25-67-68-26-39(55-43(62)35(49-2)21-28-11-5-4-6-12-28)46(65)53-36(22-29-16-18-31(59)19-17-29)44(63)54-37(23-30-24-51-33-14-8-7-13-32(30)33)45(64)52-34(42(61)57-40)15-9-10-20-48/h4-8,11-14,16-19,24,27,34-40,49,51,58-59H,9-10,15,20-23,25-26,48H2,1-3H3,(H,50,60)(H,52,64)(H,53,65)(H,54,63)(H,55,62)(H,56,66)(H,57,61)/t27-,34+,35-,36+,37-,38+,39+,40+/m1/s1. The molecular formula is C47H62N10O9S2. The molecule has 3 aromatic carbocycles. The number of unbranched alkanes of at least 4 members (excludes halogenated alkanes) is 1. The van der Waals surface area contributed by atoms with Gasteiger partial charge in [0, 0.05) is 48.5 Å². The van der Waals surface area contributed by atoms with Gasteiger partial charge in [-0.25, -0.2) is 0 Å². The third kappa shape index (κ3) is 15.5. The number of likely N-dealkylation sites (N-methyl/N-ethyl adjacent to an activating group) is 2. The van der Waals surface area contributed by atoms with Crippen molar-refractivity contribution in [2.24, 2.45) is 5.73 Å². The molecule has 0 spiro atoms. The molecule has 1 aromatic heterocycles. The highest BCUT2D eigenvalue weighted by Crippen LogP contribution is 2.24. The van der Waals surface area contributed by atoms with E-state index in [1.807, 2.05) is 54.6 Å². The minimum absolute atomic E-state index is 0.0242. The molecule has 19 nitrogen and oxygen atoms in total. The highest BCUT2D eigenvalue weighted by molar-refractivity contribution is 8.76. The lowest BCUT2D eigenvalue weighted by Crippen LogP contribution is -2.62. The number of carbonyl (C=O) groups excluding carboxylic acids is 7. The molecule has 1 saturated heterocycles. The molecule has 0 unspecified atom stereocenters. The Balaban J connectivity index is 1.56. The zero-order valence-electron chi connectivity index (χ0n) is 38.2. The second kappa shape index (κ2) is 26.4. The van der Waals surface area contributed by atoms with E-state index >= 15 is 0 Å². The Morgan fingerprint density at radius 3 is 2.04 bits per heavy atom. The van der Waals surface area contributed by atoms with Crippen molar-refractivity contribution < 1.29 is 43.8 Å². The summed E-state index contributed by atoms with van der Waals surface area (Å²) >= 11 is 0. The van der Waals surface area contributed by atoms with Crippen LogP contribution in [0.5, 0.6) is 5.75 Å². The summed E-state index contributed by atoms with van der Waals surface area (Å²) in [5.74, 6) is -5.19. The first-order valence-corrected chi connectivity index (χ1v) is 24.9. The number of amides is 7. The van der Waals surface area contributed by atoms with Crippen LogP contribution < -0.4 is 48.3 Å². The topological polar surface area (TPSA) is 298 Å². The van der Waals surface area contributed by atoms with Crippen LogP contribution in [-0.4, -0.2) is 137 Å². The monoisotopic (exact) mass is 974 g/mol. The van der Waals surface area contributed by atoms with Gasteiger partial charge in [-0.05, 0) is 81.1 Å². The number of benzene rings is 3. The fraction of sp³-hybridized carbons (Fsp3) is 0.426. The summed E-state index contributed by atoms with van der Waals surface area (Å²) in [7, 11) is 5.24. The van der Waals surface area contributed by atoms with Crippen molar-refractivity contribution in [1.82, 2.24) is 47.5 Å². The fourth-order valence-corrected chi connectivity index (χ4v) is 9.85. The van der Waals surface area contributed by atoms with E-state index in [4.69, 9.17) is 5.73 Å². The number of aromatic hydroxyl groups is 1. The van der Waals surface area contributed by atoms with Gasteiger partial charge in [0.25, 0.3) is 0 Å². The van der Waals surface area contributed by atoms with Crippen molar-refractivity contribution >= 4 is 73.8 Å². The molecule has 21 heteroatoms. The number of phenols is 1. The van der Waals surface area contributed by atoms with Gasteiger partial charge < -0.3 is 63.5 Å². The number of H-pyrrole nitrogens is 1. The van der Waals surface area contributed by atoms with Crippen LogP contribution in [0.2, 0.25) is 0 Å². The Kier molecular flexibility index (Phi) is 20.5. The summed E-state index contributed by atoms with van der Waals surface area (Å²) in [5, 5.41) is 43.6. The maximum Gasteiger partial charge on any atom is 0.245 e. The fourth-order valence-electron chi connectivity index (χ4n) is 7.53. The normalized spacial score (nSPS) is 22.3. The van der Waals surface area contributed by atoms with Crippen molar-refractivity contribution in [2.45, 2.75) is 93.8 Å². The number of aliphatic hydroxyl groups is 1. The number of fused-ring (bicyclic) bond motifs is 1. The Morgan fingerprint density at radius 2 is 1.37 bits per heavy atom. The summed E-state index contributed by atoms with van der Waals surface area (Å²) in [6.07, 6.45) is 1.31. The zero-order valence-corrected chi connectivity index (χ0v) is 39.8. The van der Waals surface area contributed by atoms with Crippen molar-refractivity contribution in [3.05, 3.63) is 102 Å². The average Bonchev–Trinajstić information content (AvgIpc) is 3.74. The summed E-state index contributed by atoms with van der Waals surface area (Å²) in [4.78, 5) is 102. The van der Waals surface area contributed by atoms with Crippen molar-refractivity contribution in [3.8, 4) is 5.75 Å². The summed E-state index contributed by atoms with van der Waals surface area (Å²) in [6, 6.07) is 14.0. The number of rotatable bonds is 15. The molecule has 0 aliphatic carbocycles. The molecule has 8 atom stereocenters. The largest absolute Gasteiger partial charge is 0.508 e. The molecule has 7 amide bonds. The van der Waals surface area contributed by atoms with E-state index in [1.54, 1.807) is 25.4 Å². The summed E-state index contributed by atoms with van der Waals surface area (Å²) < 4.78 is 0. The van der Waals surface area contributed by atoms with Gasteiger partial charge in [0.05, 0.1) is 12.1 Å². The first kappa shape index (κ1) is 52.8. The predicted molar refractivity (Wildman–Crippen MR) is 262 cm³/mol. The first-order chi connectivity index (χ1) is 32.7. The number of aliphatic hydroxyl groups excluding tert-OH is 1. The van der Waals surface area contributed by atoms with E-state index < -0.39 is 89.7 Å². The van der Waals surface area contributed by atoms with E-state index in [-0.39, 0.29) is 36.5 Å². The molecule has 0 bridgehead atoms. The Labute approximate surface area is 402 Å². The van der Waals surface area contributed by atoms with Crippen molar-refractivity contribution in [2.75, 3.05) is 32.1 Å². The molecule has 4 aromatic rings. The number of phenolic OH excluding ortho intramolecular Hbond substituents is 1. The van der Waals surface area contributed by atoms with Gasteiger partial charge in [-0.15, -0.1) is 0 Å². The molecular weight excluding hydrogens is 913 g/mol. The predicted octanol–water partition coefficient (Wildman–Crippen LogP) is 0.0490. The molecule has 5 rings (SSSR count). The number of aromatic amines is 1. The highest BCUT2D eigenvalue weighted by Gasteiger charge is 2.36. The first-order valence-electron chi connectivity index (χ1n) is 22.4. The van der Waals surface area contributed by atoms with Crippen LogP contribution in [0.15, 0.2) is 85.1 Å². The minimum Gasteiger partial charge on any atom is -0.508 e. The Hall–Kier alpha value is -6.13. The Morgan fingerprint density at radius 1 is 0.735 bits per heavy atom. The van der Waals surface area contributed by atoms with Gasteiger partial charge >= 0.3 is 0 Å². The minimum atomic E-state index is -1.56. The number of carbonyl (C=O) groups is 7. The van der Waals surface area contributed by atoms with Crippen molar-refractivity contribution in [3.63, 3.8) is 0 Å². The second-order valence-electron chi connectivity index (χ2n) is 16.5. The number of hydrogen-bond acceptors (Lipinski definition) is 13. The van der Waals surface area contributed by atoms with E-state index in [2.05, 4.69) is 47.5 Å². The number of hydrogen-bond donors (Lipinski definition) is 12. The summed E-state index contributed by atoms with van der Waals surface area (Å²) in [6.45, 7) is 1.59. The summed E-state index contributed by atoms with van der Waals surface area (Å²) in [5.41, 5.74) is 8.62. The van der Waals surface area contributed by atoms with E-state index in [0.717, 1.165) is 38.1 Å². The van der Waals surface area contributed by atoms with Crippen LogP contribution in [-0.2, 0) is 52.8 Å². The van der Waals surface area contributed by atoms with Crippen LogP contribution in [0, 0.1) is 0 Å². The number of nitrogens with two attached hydrogens (primary N) is 1. The van der Waals surface area contributed by atoms with Gasteiger partial charge in [-0.2, -0.15) is 0 Å².